The van der Waals surface area contributed by atoms with Crippen LogP contribution in [0.2, 0.25) is 0 Å². The number of carbonyl (C=O) groups excluding carboxylic acids is 1. The lowest BCUT2D eigenvalue weighted by atomic mass is 9.84. The minimum atomic E-state index is 0.725. The van der Waals surface area contributed by atoms with E-state index in [4.69, 9.17) is 4.74 Å². The first-order valence-electron chi connectivity index (χ1n) is 8.94. The fraction of sp³-hybridized carbons (Fsp3) is 0.348. The summed E-state index contributed by atoms with van der Waals surface area (Å²) in [6, 6.07) is 6.45. The molecule has 25 heavy (non-hydrogen) atoms. The molecule has 0 amide bonds. The summed E-state index contributed by atoms with van der Waals surface area (Å²) in [5.74, 6) is 0.897. The number of hydrogen-bond donors (Lipinski definition) is 0. The Balaban J connectivity index is 2.89. The molecule has 0 aliphatic carbocycles. The number of aldehydes is 1. The molecular weight excluding hydrogens is 308 g/mol. The predicted molar refractivity (Wildman–Crippen MR) is 107 cm³/mol. The van der Waals surface area contributed by atoms with E-state index >= 15 is 0 Å². The molecule has 0 unspecified atom stereocenters. The van der Waals surface area contributed by atoms with E-state index in [0.717, 1.165) is 59.1 Å². The molecule has 0 radical (unpaired) electrons. The summed E-state index contributed by atoms with van der Waals surface area (Å²) in [5, 5.41) is 0. The molecule has 2 rings (SSSR count). The van der Waals surface area contributed by atoms with E-state index in [2.05, 4.69) is 45.5 Å². The van der Waals surface area contributed by atoms with Crippen LogP contribution in [-0.2, 0) is 12.8 Å². The third-order valence-electron chi connectivity index (χ3n) is 4.82. The van der Waals surface area contributed by atoms with Gasteiger partial charge in [0.1, 0.15) is 5.75 Å². The summed E-state index contributed by atoms with van der Waals surface area (Å²) in [6.45, 7) is 12.4. The van der Waals surface area contributed by atoms with E-state index in [1.54, 1.807) is 7.11 Å². The second-order valence-corrected chi connectivity index (χ2v) is 6.46. The van der Waals surface area contributed by atoms with E-state index in [1.165, 1.54) is 16.7 Å². The van der Waals surface area contributed by atoms with E-state index < -0.39 is 0 Å². The molecule has 0 spiro atoms. The zero-order valence-electron chi connectivity index (χ0n) is 16.0. The largest absolute Gasteiger partial charge is 0.496 e. The average Bonchev–Trinajstić information content (AvgIpc) is 2.61. The van der Waals surface area contributed by atoms with Gasteiger partial charge in [0.15, 0.2) is 6.29 Å². The van der Waals surface area contributed by atoms with Crippen LogP contribution in [0.25, 0.3) is 17.2 Å². The van der Waals surface area contributed by atoms with E-state index in [9.17, 15) is 4.79 Å². The van der Waals surface area contributed by atoms with Crippen LogP contribution in [0.3, 0.4) is 0 Å². The maximum Gasteiger partial charge on any atom is 0.150 e. The Morgan fingerprint density at radius 2 is 1.72 bits per heavy atom. The van der Waals surface area contributed by atoms with E-state index in [1.807, 2.05) is 13.0 Å². The van der Waals surface area contributed by atoms with Crippen LogP contribution >= 0.6 is 0 Å². The van der Waals surface area contributed by atoms with Gasteiger partial charge in [0.2, 0.25) is 0 Å². The van der Waals surface area contributed by atoms with Crippen LogP contribution in [0.15, 0.2) is 24.8 Å². The van der Waals surface area contributed by atoms with Crippen molar-refractivity contribution in [3.8, 4) is 16.9 Å². The van der Waals surface area contributed by atoms with Crippen LogP contribution in [0.5, 0.6) is 5.75 Å². The maximum absolute atomic E-state index is 11.7. The summed E-state index contributed by atoms with van der Waals surface area (Å²) < 4.78 is 5.61. The van der Waals surface area contributed by atoms with Gasteiger partial charge in [-0.15, -0.1) is 0 Å². The number of methoxy groups -OCH3 is 1. The molecule has 2 aromatic rings. The highest BCUT2D eigenvalue weighted by Crippen LogP contribution is 2.38. The predicted octanol–water partition coefficient (Wildman–Crippen LogP) is 5.95. The minimum Gasteiger partial charge on any atom is -0.496 e. The van der Waals surface area contributed by atoms with Crippen molar-refractivity contribution in [1.82, 2.24) is 0 Å². The number of rotatable bonds is 7. The van der Waals surface area contributed by atoms with Gasteiger partial charge in [-0.2, -0.15) is 0 Å². The van der Waals surface area contributed by atoms with Crippen molar-refractivity contribution >= 4 is 12.4 Å². The Bertz CT molecular complexity index is 800. The van der Waals surface area contributed by atoms with Crippen molar-refractivity contribution in [2.45, 2.75) is 47.0 Å². The molecule has 0 fully saturated rings. The van der Waals surface area contributed by atoms with Crippen LogP contribution in [0, 0.1) is 13.8 Å². The fourth-order valence-corrected chi connectivity index (χ4v) is 3.57. The molecule has 132 valence electrons. The lowest BCUT2D eigenvalue weighted by Gasteiger charge is -2.20. The highest BCUT2D eigenvalue weighted by atomic mass is 16.5. The van der Waals surface area contributed by atoms with Gasteiger partial charge in [-0.3, -0.25) is 4.79 Å². The molecule has 2 nitrogen and oxygen atoms in total. The van der Waals surface area contributed by atoms with Crippen LogP contribution < -0.4 is 4.74 Å². The number of hydrogen-bond acceptors (Lipinski definition) is 2. The zero-order valence-corrected chi connectivity index (χ0v) is 16.0. The van der Waals surface area contributed by atoms with Crippen LogP contribution in [0.1, 0.15) is 58.4 Å². The summed E-state index contributed by atoms with van der Waals surface area (Å²) in [6.07, 6.45) is 5.69. The Kier molecular flexibility index (Phi) is 6.19. The maximum atomic E-state index is 11.7. The number of benzene rings is 2. The van der Waals surface area contributed by atoms with E-state index in [0.29, 0.717) is 0 Å². The summed E-state index contributed by atoms with van der Waals surface area (Å²) >= 11 is 0. The Morgan fingerprint density at radius 3 is 2.24 bits per heavy atom. The van der Waals surface area contributed by atoms with Gasteiger partial charge in [0.05, 0.1) is 7.11 Å². The zero-order chi connectivity index (χ0) is 18.6. The summed E-state index contributed by atoms with van der Waals surface area (Å²) in [5.41, 5.74) is 8.54. The first-order chi connectivity index (χ1) is 12.0. The molecular formula is C23H28O2. The van der Waals surface area contributed by atoms with Gasteiger partial charge in [-0.05, 0) is 71.7 Å². The molecule has 2 heteroatoms. The Hall–Kier alpha value is -2.35. The molecule has 0 heterocycles. The third kappa shape index (κ3) is 3.53. The normalized spacial score (nSPS) is 10.6. The topological polar surface area (TPSA) is 26.3 Å². The van der Waals surface area contributed by atoms with Crippen LogP contribution in [0.4, 0.5) is 0 Å². The first-order valence-corrected chi connectivity index (χ1v) is 8.94. The molecule has 0 bridgehead atoms. The summed E-state index contributed by atoms with van der Waals surface area (Å²) in [4.78, 5) is 11.7. The van der Waals surface area contributed by atoms with Gasteiger partial charge in [-0.1, -0.05) is 45.1 Å². The standard InChI is InChI=1S/C23H28O2/c1-7-10-18-12-16(5)21(14-24)19(9-3)23(18)20-13-22(25-6)17(8-2)11-15(20)4/h9,11-14H,3,7-8,10H2,1-2,4-6H3. The lowest BCUT2D eigenvalue weighted by Crippen LogP contribution is -2.03. The van der Waals surface area contributed by atoms with Gasteiger partial charge in [-0.25, -0.2) is 0 Å². The van der Waals surface area contributed by atoms with Crippen molar-refractivity contribution < 1.29 is 9.53 Å². The van der Waals surface area contributed by atoms with Crippen LogP contribution in [-0.4, -0.2) is 13.4 Å². The second-order valence-electron chi connectivity index (χ2n) is 6.46. The average molecular weight is 336 g/mol. The number of aryl methyl sites for hydroxylation is 4. The SMILES string of the molecule is C=Cc1c(C=O)c(C)cc(CCC)c1-c1cc(OC)c(CC)cc1C. The lowest BCUT2D eigenvalue weighted by molar-refractivity contribution is 0.112. The summed E-state index contributed by atoms with van der Waals surface area (Å²) in [7, 11) is 1.71. The van der Waals surface area contributed by atoms with Gasteiger partial charge >= 0.3 is 0 Å². The molecule has 2 aromatic carbocycles. The van der Waals surface area contributed by atoms with Gasteiger partial charge < -0.3 is 4.74 Å². The van der Waals surface area contributed by atoms with Crippen molar-refractivity contribution in [1.29, 1.82) is 0 Å². The van der Waals surface area contributed by atoms with E-state index in [-0.39, 0.29) is 0 Å². The molecule has 0 saturated carbocycles. The van der Waals surface area contributed by atoms with Crippen molar-refractivity contribution in [2.24, 2.45) is 0 Å². The van der Waals surface area contributed by atoms with Gasteiger partial charge in [0, 0.05) is 5.56 Å². The number of carbonyl (C=O) groups is 1. The minimum absolute atomic E-state index is 0.725. The first kappa shape index (κ1) is 19.0. The quantitative estimate of drug-likeness (QED) is 0.584. The number of ether oxygens (including phenoxy) is 1. The Labute approximate surface area is 151 Å². The molecule has 0 N–H and O–H groups in total. The monoisotopic (exact) mass is 336 g/mol. The molecule has 0 atom stereocenters. The fourth-order valence-electron chi connectivity index (χ4n) is 3.57. The Morgan fingerprint density at radius 1 is 1.04 bits per heavy atom. The molecule has 0 saturated heterocycles. The molecule has 0 aliphatic rings. The van der Waals surface area contributed by atoms with Crippen molar-refractivity contribution in [2.75, 3.05) is 7.11 Å². The highest BCUT2D eigenvalue weighted by Gasteiger charge is 2.18. The third-order valence-corrected chi connectivity index (χ3v) is 4.82. The van der Waals surface area contributed by atoms with Crippen molar-refractivity contribution in [3.63, 3.8) is 0 Å². The smallest absolute Gasteiger partial charge is 0.150 e. The van der Waals surface area contributed by atoms with Gasteiger partial charge in [0.25, 0.3) is 0 Å². The highest BCUT2D eigenvalue weighted by molar-refractivity contribution is 5.92. The molecule has 0 aliphatic heterocycles. The van der Waals surface area contributed by atoms with Crippen molar-refractivity contribution in [3.05, 3.63) is 58.2 Å². The second kappa shape index (κ2) is 8.15. The molecule has 0 aromatic heterocycles.